The minimum atomic E-state index is -1.08. The standard InChI is InChI=1S/C19H22O7.Na/c1-8-6-11(20)15-9(2)7-12(25-14(23)5-4-13(21)22)17-10(3)19(24)26-18(17)16(8)15;/h6,10,12,16-18H,4-5,7H2,1-3H3,(H,21,22);/t10?,12-,16?,17?,18+;/m0./s1. The Bertz CT molecular complexity index is 751. The normalized spacial score (nSPS) is 32.0. The van der Waals surface area contributed by atoms with E-state index >= 15 is 0 Å². The first kappa shape index (κ1) is 21.9. The van der Waals surface area contributed by atoms with Crippen molar-refractivity contribution in [1.29, 1.82) is 0 Å². The summed E-state index contributed by atoms with van der Waals surface area (Å²) in [4.78, 5) is 47.3. The Labute approximate surface area is 179 Å². The summed E-state index contributed by atoms with van der Waals surface area (Å²) in [5.41, 5.74) is 2.30. The van der Waals surface area contributed by atoms with Gasteiger partial charge in [-0.2, -0.15) is 0 Å². The predicted octanol–water partition coefficient (Wildman–Crippen LogP) is 1.43. The topological polar surface area (TPSA) is 107 Å². The molecule has 141 valence electrons. The number of ether oxygens (including phenoxy) is 2. The number of allylic oxidation sites excluding steroid dienone is 1. The zero-order valence-corrected chi connectivity index (χ0v) is 18.0. The number of aliphatic carboxylic acids is 1. The van der Waals surface area contributed by atoms with Gasteiger partial charge in [0.05, 0.1) is 18.8 Å². The minimum absolute atomic E-state index is 0. The second kappa shape index (κ2) is 8.29. The van der Waals surface area contributed by atoms with E-state index in [9.17, 15) is 19.2 Å². The summed E-state index contributed by atoms with van der Waals surface area (Å²) >= 11 is 0. The average Bonchev–Trinajstić information content (AvgIpc) is 2.95. The third-order valence-corrected chi connectivity index (χ3v) is 5.56. The third kappa shape index (κ3) is 4.05. The monoisotopic (exact) mass is 385 g/mol. The molecule has 0 saturated carbocycles. The molecule has 27 heavy (non-hydrogen) atoms. The Kier molecular flexibility index (Phi) is 6.71. The fourth-order valence-corrected chi connectivity index (χ4v) is 4.34. The number of ketones is 1. The SMILES string of the molecule is CC1=CC(=O)C2=C(C)C[C@H](OC(=O)CCC(=O)O)C3C(C)C(=O)O[C@@H]3C12.[Na]. The Morgan fingerprint density at radius 2 is 1.93 bits per heavy atom. The van der Waals surface area contributed by atoms with Gasteiger partial charge in [0.15, 0.2) is 5.78 Å². The summed E-state index contributed by atoms with van der Waals surface area (Å²) in [6.45, 7) is 5.41. The van der Waals surface area contributed by atoms with E-state index in [-0.39, 0.29) is 66.0 Å². The molecule has 1 saturated heterocycles. The molecular formula is C19H22NaO7. The van der Waals surface area contributed by atoms with Crippen molar-refractivity contribution in [3.05, 3.63) is 22.8 Å². The van der Waals surface area contributed by atoms with Gasteiger partial charge in [-0.15, -0.1) is 0 Å². The second-order valence-electron chi connectivity index (χ2n) is 7.32. The number of carboxylic acids is 1. The maximum absolute atomic E-state index is 12.4. The van der Waals surface area contributed by atoms with Gasteiger partial charge in [0, 0.05) is 53.4 Å². The Morgan fingerprint density at radius 1 is 1.26 bits per heavy atom. The molecule has 1 aliphatic heterocycles. The summed E-state index contributed by atoms with van der Waals surface area (Å²) in [6, 6.07) is 0. The Morgan fingerprint density at radius 3 is 2.56 bits per heavy atom. The van der Waals surface area contributed by atoms with Gasteiger partial charge in [0.2, 0.25) is 0 Å². The van der Waals surface area contributed by atoms with E-state index in [0.29, 0.717) is 12.0 Å². The largest absolute Gasteiger partial charge is 0.481 e. The number of carbonyl (C=O) groups is 4. The van der Waals surface area contributed by atoms with Crippen LogP contribution in [0.1, 0.15) is 40.0 Å². The van der Waals surface area contributed by atoms with E-state index in [1.54, 1.807) is 13.0 Å². The predicted molar refractivity (Wildman–Crippen MR) is 94.6 cm³/mol. The van der Waals surface area contributed by atoms with Crippen LogP contribution in [0.2, 0.25) is 0 Å². The first-order valence-electron chi connectivity index (χ1n) is 8.74. The fourth-order valence-electron chi connectivity index (χ4n) is 4.34. The zero-order chi connectivity index (χ0) is 19.2. The number of carbonyl (C=O) groups excluding carboxylic acids is 3. The summed E-state index contributed by atoms with van der Waals surface area (Å²) in [5.74, 6) is -3.28. The van der Waals surface area contributed by atoms with E-state index in [1.165, 1.54) is 0 Å². The molecule has 8 heteroatoms. The molecule has 3 aliphatic rings. The van der Waals surface area contributed by atoms with Gasteiger partial charge in [0.25, 0.3) is 0 Å². The number of rotatable bonds is 4. The number of carboxylic acid groups (broad SMARTS) is 1. The number of hydrogen-bond donors (Lipinski definition) is 1. The number of esters is 2. The van der Waals surface area contributed by atoms with E-state index in [2.05, 4.69) is 0 Å². The summed E-state index contributed by atoms with van der Waals surface area (Å²) in [6.07, 6.45) is 0.194. The summed E-state index contributed by atoms with van der Waals surface area (Å²) in [7, 11) is 0. The van der Waals surface area contributed by atoms with Crippen LogP contribution in [0, 0.1) is 17.8 Å². The maximum Gasteiger partial charge on any atom is 0.309 e. The second-order valence-corrected chi connectivity index (χ2v) is 7.32. The summed E-state index contributed by atoms with van der Waals surface area (Å²) in [5, 5.41) is 8.73. The van der Waals surface area contributed by atoms with Crippen LogP contribution < -0.4 is 0 Å². The van der Waals surface area contributed by atoms with Crippen molar-refractivity contribution < 1.29 is 33.8 Å². The van der Waals surface area contributed by atoms with Gasteiger partial charge in [0.1, 0.15) is 12.2 Å². The van der Waals surface area contributed by atoms with Crippen LogP contribution in [0.4, 0.5) is 0 Å². The molecule has 1 N–H and O–H groups in total. The van der Waals surface area contributed by atoms with Crippen molar-refractivity contribution in [1.82, 2.24) is 0 Å². The molecule has 7 nitrogen and oxygen atoms in total. The molecule has 1 fully saturated rings. The molecule has 0 aromatic heterocycles. The molecular weight excluding hydrogens is 363 g/mol. The van der Waals surface area contributed by atoms with E-state index in [4.69, 9.17) is 14.6 Å². The van der Waals surface area contributed by atoms with Crippen LogP contribution in [0.15, 0.2) is 22.8 Å². The smallest absolute Gasteiger partial charge is 0.309 e. The first-order valence-corrected chi connectivity index (χ1v) is 8.74. The van der Waals surface area contributed by atoms with Gasteiger partial charge in [-0.3, -0.25) is 19.2 Å². The Hall–Kier alpha value is -1.44. The molecule has 0 bridgehead atoms. The van der Waals surface area contributed by atoms with Gasteiger partial charge in [-0.25, -0.2) is 0 Å². The molecule has 0 amide bonds. The van der Waals surface area contributed by atoms with Crippen molar-refractivity contribution in [3.8, 4) is 0 Å². The molecule has 1 radical (unpaired) electrons. The molecule has 0 spiro atoms. The molecule has 3 rings (SSSR count). The van der Waals surface area contributed by atoms with E-state index in [0.717, 1.165) is 11.1 Å². The van der Waals surface area contributed by atoms with Gasteiger partial charge < -0.3 is 14.6 Å². The van der Waals surface area contributed by atoms with Crippen LogP contribution in [-0.2, 0) is 28.7 Å². The van der Waals surface area contributed by atoms with Crippen molar-refractivity contribution in [3.63, 3.8) is 0 Å². The number of hydrogen-bond acceptors (Lipinski definition) is 6. The van der Waals surface area contributed by atoms with Crippen LogP contribution in [0.3, 0.4) is 0 Å². The maximum atomic E-state index is 12.4. The quantitative estimate of drug-likeness (QED) is 0.576. The van der Waals surface area contributed by atoms with Crippen molar-refractivity contribution in [2.45, 2.75) is 52.2 Å². The van der Waals surface area contributed by atoms with Crippen molar-refractivity contribution >= 4 is 53.2 Å². The molecule has 1 heterocycles. The van der Waals surface area contributed by atoms with Crippen LogP contribution >= 0.6 is 0 Å². The van der Waals surface area contributed by atoms with Gasteiger partial charge in [-0.05, 0) is 19.9 Å². The number of fused-ring (bicyclic) bond motifs is 3. The van der Waals surface area contributed by atoms with Crippen molar-refractivity contribution in [2.24, 2.45) is 17.8 Å². The molecule has 2 aliphatic carbocycles. The Balaban J connectivity index is 0.00000261. The summed E-state index contributed by atoms with van der Waals surface area (Å²) < 4.78 is 11.2. The molecule has 0 aromatic rings. The van der Waals surface area contributed by atoms with Gasteiger partial charge in [-0.1, -0.05) is 18.1 Å². The molecule has 3 unspecified atom stereocenters. The van der Waals surface area contributed by atoms with Crippen LogP contribution in [0.5, 0.6) is 0 Å². The zero-order valence-electron chi connectivity index (χ0n) is 16.0. The van der Waals surface area contributed by atoms with Crippen molar-refractivity contribution in [2.75, 3.05) is 0 Å². The third-order valence-electron chi connectivity index (χ3n) is 5.56. The van der Waals surface area contributed by atoms with E-state index < -0.39 is 30.1 Å². The van der Waals surface area contributed by atoms with Gasteiger partial charge >= 0.3 is 17.9 Å². The molecule has 5 atom stereocenters. The minimum Gasteiger partial charge on any atom is -0.481 e. The molecule has 0 aromatic carbocycles. The van der Waals surface area contributed by atoms with Crippen LogP contribution in [0.25, 0.3) is 0 Å². The fraction of sp³-hybridized carbons (Fsp3) is 0.579. The average molecular weight is 385 g/mol. The van der Waals surface area contributed by atoms with Crippen LogP contribution in [-0.4, -0.2) is 70.6 Å². The first-order chi connectivity index (χ1) is 12.2. The van der Waals surface area contributed by atoms with E-state index in [1.807, 2.05) is 13.8 Å².